The van der Waals surface area contributed by atoms with Gasteiger partial charge in [0, 0.05) is 36.6 Å². The van der Waals surface area contributed by atoms with Crippen molar-refractivity contribution >= 4 is 5.95 Å². The molecule has 88 valence electrons. The lowest BCUT2D eigenvalue weighted by molar-refractivity contribution is 0.624. The normalized spacial score (nSPS) is 25.1. The van der Waals surface area contributed by atoms with E-state index in [1.54, 1.807) is 0 Å². The van der Waals surface area contributed by atoms with Gasteiger partial charge in [0.15, 0.2) is 0 Å². The van der Waals surface area contributed by atoms with E-state index >= 15 is 0 Å². The highest BCUT2D eigenvalue weighted by Gasteiger charge is 2.28. The van der Waals surface area contributed by atoms with E-state index in [1.165, 1.54) is 6.42 Å². The second kappa shape index (κ2) is 4.37. The van der Waals surface area contributed by atoms with Gasteiger partial charge >= 0.3 is 0 Å². The molecule has 2 unspecified atom stereocenters. The zero-order valence-corrected chi connectivity index (χ0v) is 10.3. The molecule has 2 heterocycles. The molecule has 0 spiro atoms. The van der Waals surface area contributed by atoms with Gasteiger partial charge in [-0.1, -0.05) is 6.92 Å². The summed E-state index contributed by atoms with van der Waals surface area (Å²) in [4.78, 5) is 11.2. The molecule has 4 heteroatoms. The lowest BCUT2D eigenvalue weighted by atomic mass is 10.1. The number of aryl methyl sites for hydroxylation is 1. The third-order valence-corrected chi connectivity index (χ3v) is 3.33. The summed E-state index contributed by atoms with van der Waals surface area (Å²) in [6.07, 6.45) is 3.08. The van der Waals surface area contributed by atoms with Gasteiger partial charge < -0.3 is 10.6 Å². The topological polar surface area (TPSA) is 55.0 Å². The lowest BCUT2D eigenvalue weighted by Gasteiger charge is -2.21. The third-order valence-electron chi connectivity index (χ3n) is 3.33. The number of hydrogen-bond donors (Lipinski definition) is 1. The predicted molar refractivity (Wildman–Crippen MR) is 65.2 cm³/mol. The van der Waals surface area contributed by atoms with Crippen molar-refractivity contribution in [1.82, 2.24) is 9.97 Å². The Bertz CT molecular complexity index is 377. The van der Waals surface area contributed by atoms with Crippen LogP contribution in [-0.2, 0) is 6.54 Å². The van der Waals surface area contributed by atoms with Crippen LogP contribution in [0.5, 0.6) is 0 Å². The van der Waals surface area contributed by atoms with Crippen LogP contribution in [0.4, 0.5) is 5.95 Å². The molecule has 1 fully saturated rings. The molecule has 16 heavy (non-hydrogen) atoms. The zero-order valence-electron chi connectivity index (χ0n) is 10.3. The van der Waals surface area contributed by atoms with Crippen molar-refractivity contribution in [2.45, 2.75) is 39.8 Å². The average Bonchev–Trinajstić information content (AvgIpc) is 2.58. The molecule has 4 nitrogen and oxygen atoms in total. The molecule has 0 amide bonds. The molecule has 2 atom stereocenters. The van der Waals surface area contributed by atoms with E-state index in [-0.39, 0.29) is 0 Å². The maximum Gasteiger partial charge on any atom is 0.225 e. The van der Waals surface area contributed by atoms with Gasteiger partial charge in [-0.05, 0) is 26.2 Å². The van der Waals surface area contributed by atoms with Gasteiger partial charge in [-0.15, -0.1) is 0 Å². The molecule has 0 aromatic carbocycles. The predicted octanol–water partition coefficient (Wildman–Crippen LogP) is 1.48. The summed E-state index contributed by atoms with van der Waals surface area (Å²) in [7, 11) is 0. The summed E-state index contributed by atoms with van der Waals surface area (Å²) in [5.41, 5.74) is 7.64. The fraction of sp³-hybridized carbons (Fsp3) is 0.667. The van der Waals surface area contributed by atoms with Crippen LogP contribution in [0, 0.1) is 12.8 Å². The molecule has 1 saturated heterocycles. The lowest BCUT2D eigenvalue weighted by Crippen LogP contribution is -2.29. The Kier molecular flexibility index (Phi) is 3.10. The van der Waals surface area contributed by atoms with E-state index in [4.69, 9.17) is 5.73 Å². The molecule has 1 aliphatic rings. The second-order valence-corrected chi connectivity index (χ2v) is 4.83. The fourth-order valence-electron chi connectivity index (χ4n) is 2.40. The molecule has 1 aromatic rings. The molecular weight excluding hydrogens is 200 g/mol. The van der Waals surface area contributed by atoms with E-state index in [0.717, 1.165) is 29.7 Å². The summed E-state index contributed by atoms with van der Waals surface area (Å²) in [5.74, 6) is 1.58. The van der Waals surface area contributed by atoms with Crippen LogP contribution < -0.4 is 10.6 Å². The summed E-state index contributed by atoms with van der Waals surface area (Å²) in [5, 5.41) is 0. The van der Waals surface area contributed by atoms with E-state index in [9.17, 15) is 0 Å². The minimum Gasteiger partial charge on any atom is -0.338 e. The Hall–Kier alpha value is -1.16. The van der Waals surface area contributed by atoms with Crippen LogP contribution in [0.15, 0.2) is 6.20 Å². The molecule has 2 N–H and O–H groups in total. The van der Waals surface area contributed by atoms with Crippen molar-refractivity contribution in [3.8, 4) is 0 Å². The molecule has 0 bridgehead atoms. The first-order valence-electron chi connectivity index (χ1n) is 5.91. The molecule has 2 rings (SSSR count). The van der Waals surface area contributed by atoms with Crippen LogP contribution in [0.2, 0.25) is 0 Å². The Morgan fingerprint density at radius 1 is 1.50 bits per heavy atom. The molecule has 1 aliphatic heterocycles. The van der Waals surface area contributed by atoms with E-state index < -0.39 is 0 Å². The number of rotatable bonds is 2. The summed E-state index contributed by atoms with van der Waals surface area (Å²) in [6.45, 7) is 8.08. The minimum atomic E-state index is 0.512. The standard InChI is InChI=1S/C12H20N4/c1-8-4-9(2)16(7-8)12-14-6-11(5-13)10(3)15-12/h6,8-9H,4-5,7,13H2,1-3H3. The Morgan fingerprint density at radius 3 is 2.75 bits per heavy atom. The van der Waals surface area contributed by atoms with E-state index in [0.29, 0.717) is 12.6 Å². The van der Waals surface area contributed by atoms with E-state index in [1.807, 2.05) is 13.1 Å². The minimum absolute atomic E-state index is 0.512. The number of anilines is 1. The van der Waals surface area contributed by atoms with Gasteiger partial charge in [-0.3, -0.25) is 0 Å². The quantitative estimate of drug-likeness (QED) is 0.820. The number of nitrogens with zero attached hydrogens (tertiary/aromatic N) is 3. The highest BCUT2D eigenvalue weighted by atomic mass is 15.3. The van der Waals surface area contributed by atoms with Crippen LogP contribution in [-0.4, -0.2) is 22.6 Å². The van der Waals surface area contributed by atoms with Gasteiger partial charge in [-0.25, -0.2) is 9.97 Å². The van der Waals surface area contributed by atoms with Gasteiger partial charge in [0.1, 0.15) is 0 Å². The first-order valence-corrected chi connectivity index (χ1v) is 5.91. The molecule has 0 aliphatic carbocycles. The Labute approximate surface area is 96.9 Å². The highest BCUT2D eigenvalue weighted by Crippen LogP contribution is 2.26. The fourth-order valence-corrected chi connectivity index (χ4v) is 2.40. The Morgan fingerprint density at radius 2 is 2.25 bits per heavy atom. The van der Waals surface area contributed by atoms with Crippen molar-refractivity contribution in [2.75, 3.05) is 11.4 Å². The number of nitrogens with two attached hydrogens (primary N) is 1. The first kappa shape index (κ1) is 11.3. The SMILES string of the molecule is Cc1nc(N2CC(C)CC2C)ncc1CN. The maximum atomic E-state index is 5.61. The van der Waals surface area contributed by atoms with Crippen molar-refractivity contribution in [1.29, 1.82) is 0 Å². The monoisotopic (exact) mass is 220 g/mol. The molecule has 0 saturated carbocycles. The first-order chi connectivity index (χ1) is 7.61. The van der Waals surface area contributed by atoms with Crippen molar-refractivity contribution < 1.29 is 0 Å². The Balaban J connectivity index is 2.24. The molecule has 1 aromatic heterocycles. The van der Waals surface area contributed by atoms with E-state index in [2.05, 4.69) is 28.7 Å². The summed E-state index contributed by atoms with van der Waals surface area (Å²) in [6, 6.07) is 0.540. The number of hydrogen-bond acceptors (Lipinski definition) is 4. The summed E-state index contributed by atoms with van der Waals surface area (Å²) >= 11 is 0. The van der Waals surface area contributed by atoms with Crippen molar-refractivity contribution in [3.63, 3.8) is 0 Å². The summed E-state index contributed by atoms with van der Waals surface area (Å²) < 4.78 is 0. The van der Waals surface area contributed by atoms with Gasteiger partial charge in [0.25, 0.3) is 0 Å². The average molecular weight is 220 g/mol. The maximum absolute atomic E-state index is 5.61. The van der Waals surface area contributed by atoms with Crippen LogP contribution in [0.3, 0.4) is 0 Å². The smallest absolute Gasteiger partial charge is 0.225 e. The zero-order chi connectivity index (χ0) is 11.7. The highest BCUT2D eigenvalue weighted by molar-refractivity contribution is 5.35. The van der Waals surface area contributed by atoms with Crippen molar-refractivity contribution in [3.05, 3.63) is 17.5 Å². The van der Waals surface area contributed by atoms with Gasteiger partial charge in [0.2, 0.25) is 5.95 Å². The number of aromatic nitrogens is 2. The third kappa shape index (κ3) is 2.02. The van der Waals surface area contributed by atoms with Gasteiger partial charge in [-0.2, -0.15) is 0 Å². The van der Waals surface area contributed by atoms with Crippen molar-refractivity contribution in [2.24, 2.45) is 11.7 Å². The molecular formula is C12H20N4. The largest absolute Gasteiger partial charge is 0.338 e. The second-order valence-electron chi connectivity index (χ2n) is 4.83. The van der Waals surface area contributed by atoms with Crippen LogP contribution in [0.1, 0.15) is 31.5 Å². The molecule has 0 radical (unpaired) electrons. The van der Waals surface area contributed by atoms with Crippen LogP contribution >= 0.6 is 0 Å². The van der Waals surface area contributed by atoms with Crippen LogP contribution in [0.25, 0.3) is 0 Å². The van der Waals surface area contributed by atoms with Gasteiger partial charge in [0.05, 0.1) is 0 Å².